The van der Waals surface area contributed by atoms with Crippen molar-refractivity contribution in [1.29, 1.82) is 0 Å². The summed E-state index contributed by atoms with van der Waals surface area (Å²) in [4.78, 5) is 9.18. The van der Waals surface area contributed by atoms with E-state index in [4.69, 9.17) is 9.40 Å². The molecule has 0 atom stereocenters. The van der Waals surface area contributed by atoms with Gasteiger partial charge in [0.15, 0.2) is 0 Å². The normalized spacial score (nSPS) is 11.6. The van der Waals surface area contributed by atoms with Crippen LogP contribution in [0.1, 0.15) is 0 Å². The van der Waals surface area contributed by atoms with Gasteiger partial charge >= 0.3 is 0 Å². The van der Waals surface area contributed by atoms with E-state index in [0.29, 0.717) is 0 Å². The summed E-state index contributed by atoms with van der Waals surface area (Å²) in [7, 11) is 0. The molecule has 0 radical (unpaired) electrons. The maximum Gasteiger partial charge on any atom is 0.138 e. The largest absolute Gasteiger partial charge is 0.464 e. The molecule has 0 aliphatic heterocycles. The van der Waals surface area contributed by atoms with Gasteiger partial charge in [-0.05, 0) is 48.5 Å². The summed E-state index contributed by atoms with van der Waals surface area (Å²) in [6.07, 6.45) is 5.36. The lowest BCUT2D eigenvalue weighted by atomic mass is 10.1. The Bertz CT molecular complexity index is 1460. The van der Waals surface area contributed by atoms with Crippen LogP contribution in [0.15, 0.2) is 95.9 Å². The summed E-state index contributed by atoms with van der Waals surface area (Å²) < 4.78 is 7.85. The van der Waals surface area contributed by atoms with Crippen molar-refractivity contribution >= 4 is 32.8 Å². The van der Waals surface area contributed by atoms with Crippen molar-refractivity contribution in [3.63, 3.8) is 0 Å². The highest BCUT2D eigenvalue weighted by molar-refractivity contribution is 6.20. The van der Waals surface area contributed by atoms with E-state index in [2.05, 4.69) is 39.9 Å². The first-order valence-electron chi connectivity index (χ1n) is 9.17. The van der Waals surface area contributed by atoms with Gasteiger partial charge in [-0.1, -0.05) is 24.3 Å². The van der Waals surface area contributed by atoms with E-state index in [1.165, 1.54) is 10.8 Å². The number of nitrogens with zero attached hydrogens (tertiary/aromatic N) is 3. The van der Waals surface area contributed by atoms with Gasteiger partial charge in [0.1, 0.15) is 11.4 Å². The molecule has 132 valence electrons. The van der Waals surface area contributed by atoms with E-state index in [-0.39, 0.29) is 0 Å². The molecule has 4 aromatic heterocycles. The molecule has 0 aliphatic rings. The van der Waals surface area contributed by atoms with E-state index in [9.17, 15) is 0 Å². The first-order chi connectivity index (χ1) is 13.9. The van der Waals surface area contributed by atoms with Crippen LogP contribution in [0, 0.1) is 0 Å². The lowest BCUT2D eigenvalue weighted by Gasteiger charge is -2.09. The number of pyridine rings is 2. The molecule has 6 rings (SSSR count). The molecule has 28 heavy (non-hydrogen) atoms. The fourth-order valence-corrected chi connectivity index (χ4v) is 3.98. The highest BCUT2D eigenvalue weighted by Crippen LogP contribution is 2.36. The fourth-order valence-electron chi connectivity index (χ4n) is 3.98. The number of furan rings is 1. The topological polar surface area (TPSA) is 43.9 Å². The average molecular weight is 361 g/mol. The number of rotatable bonds is 2. The maximum atomic E-state index is 5.64. The molecule has 6 aromatic rings. The van der Waals surface area contributed by atoms with Crippen LogP contribution < -0.4 is 0 Å². The van der Waals surface area contributed by atoms with Crippen LogP contribution in [0.25, 0.3) is 49.9 Å². The zero-order chi connectivity index (χ0) is 18.5. The minimum Gasteiger partial charge on any atom is -0.464 e. The Labute approximate surface area is 160 Å². The smallest absolute Gasteiger partial charge is 0.138 e. The quantitative estimate of drug-likeness (QED) is 0.381. The van der Waals surface area contributed by atoms with Crippen molar-refractivity contribution in [3.05, 3.63) is 91.5 Å². The molecule has 0 bridgehead atoms. The number of fused-ring (bicyclic) bond motifs is 5. The average Bonchev–Trinajstić information content (AvgIpc) is 3.36. The third-order valence-electron chi connectivity index (χ3n) is 5.19. The lowest BCUT2D eigenvalue weighted by Crippen LogP contribution is -1.98. The Kier molecular flexibility index (Phi) is 3.14. The molecular formula is C24H15N3O. The highest BCUT2D eigenvalue weighted by Gasteiger charge is 2.16. The van der Waals surface area contributed by atoms with Crippen LogP contribution in [0.5, 0.6) is 0 Å². The molecule has 0 amide bonds. The Hall–Kier alpha value is -3.92. The number of hydrogen-bond acceptors (Lipinski definition) is 3. The second-order valence-electron chi connectivity index (χ2n) is 6.77. The first-order valence-corrected chi connectivity index (χ1v) is 9.17. The van der Waals surface area contributed by atoms with Gasteiger partial charge in [0.25, 0.3) is 0 Å². The lowest BCUT2D eigenvalue weighted by molar-refractivity contribution is 0.616. The van der Waals surface area contributed by atoms with Crippen molar-refractivity contribution in [2.75, 3.05) is 0 Å². The molecule has 4 nitrogen and oxygen atoms in total. The minimum atomic E-state index is 0.885. The number of para-hydroxylation sites is 1. The van der Waals surface area contributed by atoms with Crippen molar-refractivity contribution < 1.29 is 4.42 Å². The van der Waals surface area contributed by atoms with Gasteiger partial charge in [-0.3, -0.25) is 9.55 Å². The van der Waals surface area contributed by atoms with Gasteiger partial charge in [0.2, 0.25) is 0 Å². The summed E-state index contributed by atoms with van der Waals surface area (Å²) in [6, 6.07) is 24.7. The van der Waals surface area contributed by atoms with Crippen LogP contribution in [0.2, 0.25) is 0 Å². The van der Waals surface area contributed by atoms with Gasteiger partial charge in [0.05, 0.1) is 23.0 Å². The van der Waals surface area contributed by atoms with Crippen molar-refractivity contribution in [3.8, 4) is 17.1 Å². The summed E-state index contributed by atoms with van der Waals surface area (Å²) in [5, 5.41) is 3.50. The Morgan fingerprint density at radius 1 is 0.750 bits per heavy atom. The predicted octanol–water partition coefficient (Wildman–Crippen LogP) is 5.99. The van der Waals surface area contributed by atoms with Gasteiger partial charge in [-0.2, -0.15) is 0 Å². The zero-order valence-corrected chi connectivity index (χ0v) is 14.9. The Balaban J connectivity index is 1.71. The Morgan fingerprint density at radius 2 is 1.71 bits per heavy atom. The standard InChI is InChI=1S/C24H15N3O/c1-2-8-20-17(6-1)24-18-12-14-28-22(18)11-10-21(24)27(20)23-9-3-7-19(26-23)16-5-4-13-25-15-16/h1-15H. The molecule has 0 unspecified atom stereocenters. The third kappa shape index (κ3) is 2.12. The third-order valence-corrected chi connectivity index (χ3v) is 5.19. The second-order valence-corrected chi connectivity index (χ2v) is 6.77. The van der Waals surface area contributed by atoms with E-state index >= 15 is 0 Å². The van der Waals surface area contributed by atoms with Gasteiger partial charge in [-0.25, -0.2) is 4.98 Å². The van der Waals surface area contributed by atoms with E-state index < -0.39 is 0 Å². The SMILES string of the molecule is c1cncc(-c2cccc(-n3c4ccccc4c4c5ccoc5ccc43)n2)c1. The molecule has 0 aliphatic carbocycles. The van der Waals surface area contributed by atoms with E-state index in [1.54, 1.807) is 12.5 Å². The van der Waals surface area contributed by atoms with Crippen LogP contribution in [-0.2, 0) is 0 Å². The van der Waals surface area contributed by atoms with Gasteiger partial charge in [0, 0.05) is 34.1 Å². The molecule has 4 heterocycles. The highest BCUT2D eigenvalue weighted by atomic mass is 16.3. The van der Waals surface area contributed by atoms with E-state index in [1.807, 2.05) is 48.7 Å². The summed E-state index contributed by atoms with van der Waals surface area (Å²) in [5.74, 6) is 0.885. The predicted molar refractivity (Wildman–Crippen MR) is 112 cm³/mol. The monoisotopic (exact) mass is 361 g/mol. The molecule has 0 fully saturated rings. The summed E-state index contributed by atoms with van der Waals surface area (Å²) in [6.45, 7) is 0. The number of aromatic nitrogens is 3. The van der Waals surface area contributed by atoms with E-state index in [0.717, 1.165) is 39.1 Å². The van der Waals surface area contributed by atoms with Crippen molar-refractivity contribution in [2.45, 2.75) is 0 Å². The molecule has 0 spiro atoms. The molecule has 0 saturated heterocycles. The van der Waals surface area contributed by atoms with Crippen LogP contribution in [0.4, 0.5) is 0 Å². The van der Waals surface area contributed by atoms with Crippen molar-refractivity contribution in [1.82, 2.24) is 14.5 Å². The van der Waals surface area contributed by atoms with Crippen LogP contribution in [-0.4, -0.2) is 14.5 Å². The summed E-state index contributed by atoms with van der Waals surface area (Å²) in [5.41, 5.74) is 5.05. The van der Waals surface area contributed by atoms with Gasteiger partial charge < -0.3 is 4.42 Å². The zero-order valence-electron chi connectivity index (χ0n) is 14.9. The Morgan fingerprint density at radius 3 is 2.64 bits per heavy atom. The molecule has 0 saturated carbocycles. The van der Waals surface area contributed by atoms with Crippen molar-refractivity contribution in [2.24, 2.45) is 0 Å². The first kappa shape index (κ1) is 15.2. The second kappa shape index (κ2) is 5.79. The van der Waals surface area contributed by atoms with Crippen LogP contribution >= 0.6 is 0 Å². The van der Waals surface area contributed by atoms with Crippen LogP contribution in [0.3, 0.4) is 0 Å². The summed E-state index contributed by atoms with van der Waals surface area (Å²) >= 11 is 0. The molecule has 4 heteroatoms. The maximum absolute atomic E-state index is 5.64. The van der Waals surface area contributed by atoms with Gasteiger partial charge in [-0.15, -0.1) is 0 Å². The molecule has 2 aromatic carbocycles. The number of benzene rings is 2. The molecule has 0 N–H and O–H groups in total. The number of hydrogen-bond donors (Lipinski definition) is 0. The minimum absolute atomic E-state index is 0.885. The molecular weight excluding hydrogens is 346 g/mol. The fraction of sp³-hybridized carbons (Fsp3) is 0.